The molecule has 2 heterocycles. The van der Waals surface area contributed by atoms with Gasteiger partial charge in [-0.1, -0.05) is 6.42 Å². The van der Waals surface area contributed by atoms with Crippen LogP contribution in [-0.4, -0.2) is 31.3 Å². The molecule has 3 nitrogen and oxygen atoms in total. The van der Waals surface area contributed by atoms with E-state index in [0.29, 0.717) is 6.04 Å². The van der Waals surface area contributed by atoms with Gasteiger partial charge in [-0.05, 0) is 36.8 Å². The van der Waals surface area contributed by atoms with Crippen molar-refractivity contribution in [2.24, 2.45) is 0 Å². The van der Waals surface area contributed by atoms with E-state index in [4.69, 9.17) is 9.47 Å². The van der Waals surface area contributed by atoms with E-state index in [1.165, 1.54) is 30.6 Å². The first-order valence-corrected chi connectivity index (χ1v) is 8.57. The number of thioether (sulfide) groups is 1. The highest BCUT2D eigenvalue weighted by atomic mass is 32.2. The summed E-state index contributed by atoms with van der Waals surface area (Å²) in [6.45, 7) is 1.90. The number of hydrogen-bond donors (Lipinski definition) is 1. The maximum atomic E-state index is 5.74. The van der Waals surface area contributed by atoms with E-state index in [2.05, 4.69) is 23.1 Å². The average molecular weight is 293 g/mol. The molecule has 1 saturated heterocycles. The van der Waals surface area contributed by atoms with Crippen molar-refractivity contribution in [3.63, 3.8) is 0 Å². The average Bonchev–Trinajstić information content (AvgIpc) is 2.53. The fourth-order valence-electron chi connectivity index (χ4n) is 2.95. The molecule has 0 saturated carbocycles. The van der Waals surface area contributed by atoms with E-state index in [-0.39, 0.29) is 0 Å². The van der Waals surface area contributed by atoms with Gasteiger partial charge >= 0.3 is 0 Å². The Morgan fingerprint density at radius 1 is 1.35 bits per heavy atom. The summed E-state index contributed by atoms with van der Waals surface area (Å²) in [4.78, 5) is 0. The molecule has 4 heteroatoms. The van der Waals surface area contributed by atoms with Gasteiger partial charge in [-0.25, -0.2) is 0 Å². The van der Waals surface area contributed by atoms with Crippen molar-refractivity contribution in [2.45, 2.75) is 37.0 Å². The predicted octanol–water partition coefficient (Wildman–Crippen LogP) is 3.39. The minimum Gasteiger partial charge on any atom is -0.497 e. The van der Waals surface area contributed by atoms with Crippen molar-refractivity contribution < 1.29 is 9.47 Å². The minimum absolute atomic E-state index is 0.399. The van der Waals surface area contributed by atoms with Crippen molar-refractivity contribution in [1.29, 1.82) is 0 Å². The molecule has 0 aliphatic carbocycles. The first kappa shape index (κ1) is 14.1. The molecule has 0 bridgehead atoms. The Labute approximate surface area is 125 Å². The standard InChI is InChI=1S/C16H23NO2S/c1-18-12-5-6-16-14(10-12)15(7-8-19-16)17-11-13-4-2-3-9-20-13/h5-6,10,13,15,17H,2-4,7-9,11H2,1H3. The lowest BCUT2D eigenvalue weighted by molar-refractivity contribution is 0.251. The summed E-state index contributed by atoms with van der Waals surface area (Å²) in [5.41, 5.74) is 1.25. The van der Waals surface area contributed by atoms with Crippen LogP contribution in [-0.2, 0) is 0 Å². The van der Waals surface area contributed by atoms with Crippen LogP contribution in [0, 0.1) is 0 Å². The molecule has 2 aliphatic heterocycles. The Bertz CT molecular complexity index is 446. The second kappa shape index (κ2) is 6.72. The van der Waals surface area contributed by atoms with Crippen LogP contribution >= 0.6 is 11.8 Å². The third kappa shape index (κ3) is 3.23. The third-order valence-electron chi connectivity index (χ3n) is 4.12. The topological polar surface area (TPSA) is 30.5 Å². The lowest BCUT2D eigenvalue weighted by atomic mass is 10.00. The van der Waals surface area contributed by atoms with Crippen LogP contribution in [0.25, 0.3) is 0 Å². The molecular weight excluding hydrogens is 270 g/mol. The summed E-state index contributed by atoms with van der Waals surface area (Å²) in [5, 5.41) is 4.52. The smallest absolute Gasteiger partial charge is 0.124 e. The maximum absolute atomic E-state index is 5.74. The van der Waals surface area contributed by atoms with Gasteiger partial charge in [0.25, 0.3) is 0 Å². The van der Waals surface area contributed by atoms with Crippen molar-refractivity contribution >= 4 is 11.8 Å². The van der Waals surface area contributed by atoms with Gasteiger partial charge in [-0.2, -0.15) is 11.8 Å². The van der Waals surface area contributed by atoms with Crippen LogP contribution in [0.5, 0.6) is 11.5 Å². The summed E-state index contributed by atoms with van der Waals surface area (Å²) < 4.78 is 11.1. The molecule has 0 radical (unpaired) electrons. The van der Waals surface area contributed by atoms with Crippen molar-refractivity contribution in [3.05, 3.63) is 23.8 Å². The summed E-state index contributed by atoms with van der Waals surface area (Å²) in [7, 11) is 1.71. The Kier molecular flexibility index (Phi) is 4.73. The number of methoxy groups -OCH3 is 1. The van der Waals surface area contributed by atoms with Gasteiger partial charge in [0.15, 0.2) is 0 Å². The van der Waals surface area contributed by atoms with E-state index in [0.717, 1.165) is 36.3 Å². The van der Waals surface area contributed by atoms with Crippen LogP contribution < -0.4 is 14.8 Å². The fraction of sp³-hybridized carbons (Fsp3) is 0.625. The molecule has 1 aromatic carbocycles. The molecule has 20 heavy (non-hydrogen) atoms. The third-order valence-corrected chi connectivity index (χ3v) is 5.52. The Morgan fingerprint density at radius 2 is 2.30 bits per heavy atom. The second-order valence-electron chi connectivity index (χ2n) is 5.49. The molecule has 110 valence electrons. The Balaban J connectivity index is 1.65. The van der Waals surface area contributed by atoms with Gasteiger partial charge < -0.3 is 14.8 Å². The van der Waals surface area contributed by atoms with E-state index >= 15 is 0 Å². The summed E-state index contributed by atoms with van der Waals surface area (Å²) in [6.07, 6.45) is 5.17. The van der Waals surface area contributed by atoms with E-state index in [1.54, 1.807) is 7.11 Å². The zero-order valence-corrected chi connectivity index (χ0v) is 12.9. The van der Waals surface area contributed by atoms with E-state index < -0.39 is 0 Å². The number of fused-ring (bicyclic) bond motifs is 1. The molecule has 2 atom stereocenters. The van der Waals surface area contributed by atoms with E-state index in [1.807, 2.05) is 12.1 Å². The molecule has 0 aromatic heterocycles. The van der Waals surface area contributed by atoms with E-state index in [9.17, 15) is 0 Å². The first-order valence-electron chi connectivity index (χ1n) is 7.52. The summed E-state index contributed by atoms with van der Waals surface area (Å²) in [6, 6.07) is 6.51. The fourth-order valence-corrected chi connectivity index (χ4v) is 4.21. The highest BCUT2D eigenvalue weighted by Crippen LogP contribution is 2.35. The SMILES string of the molecule is COc1ccc2c(c1)C(NCC1CCCCS1)CCO2. The quantitative estimate of drug-likeness (QED) is 0.922. The molecule has 1 aromatic rings. The van der Waals surface area contributed by atoms with Gasteiger partial charge in [0.05, 0.1) is 13.7 Å². The highest BCUT2D eigenvalue weighted by molar-refractivity contribution is 7.99. The van der Waals surface area contributed by atoms with Crippen LogP contribution in [0.1, 0.15) is 37.3 Å². The van der Waals surface area contributed by atoms with Crippen LogP contribution in [0.3, 0.4) is 0 Å². The van der Waals surface area contributed by atoms with Crippen LogP contribution in [0.2, 0.25) is 0 Å². The van der Waals surface area contributed by atoms with Crippen molar-refractivity contribution in [3.8, 4) is 11.5 Å². The van der Waals surface area contributed by atoms with Gasteiger partial charge in [-0.15, -0.1) is 0 Å². The van der Waals surface area contributed by atoms with Gasteiger partial charge in [0, 0.05) is 29.8 Å². The normalized spacial score (nSPS) is 25.6. The van der Waals surface area contributed by atoms with Gasteiger partial charge in [0.1, 0.15) is 11.5 Å². The lowest BCUT2D eigenvalue weighted by Crippen LogP contribution is -2.33. The zero-order chi connectivity index (χ0) is 13.8. The van der Waals surface area contributed by atoms with Gasteiger partial charge in [0.2, 0.25) is 0 Å². The molecule has 2 unspecified atom stereocenters. The number of benzene rings is 1. The maximum Gasteiger partial charge on any atom is 0.124 e. The number of nitrogens with one attached hydrogen (secondary N) is 1. The number of rotatable bonds is 4. The largest absolute Gasteiger partial charge is 0.497 e. The molecule has 1 fully saturated rings. The monoisotopic (exact) mass is 293 g/mol. The summed E-state index contributed by atoms with van der Waals surface area (Å²) in [5.74, 6) is 3.24. The highest BCUT2D eigenvalue weighted by Gasteiger charge is 2.23. The molecule has 2 aliphatic rings. The molecule has 0 spiro atoms. The number of ether oxygens (including phenoxy) is 2. The van der Waals surface area contributed by atoms with Gasteiger partial charge in [-0.3, -0.25) is 0 Å². The lowest BCUT2D eigenvalue weighted by Gasteiger charge is -2.29. The van der Waals surface area contributed by atoms with Crippen molar-refractivity contribution in [2.75, 3.05) is 26.0 Å². The number of hydrogen-bond acceptors (Lipinski definition) is 4. The van der Waals surface area contributed by atoms with Crippen LogP contribution in [0.4, 0.5) is 0 Å². The van der Waals surface area contributed by atoms with Crippen molar-refractivity contribution in [1.82, 2.24) is 5.32 Å². The van der Waals surface area contributed by atoms with Crippen LogP contribution in [0.15, 0.2) is 18.2 Å². The molecule has 1 N–H and O–H groups in total. The Hall–Kier alpha value is -0.870. The summed E-state index contributed by atoms with van der Waals surface area (Å²) >= 11 is 2.12. The second-order valence-corrected chi connectivity index (χ2v) is 6.90. The minimum atomic E-state index is 0.399. The molecule has 3 rings (SSSR count). The Morgan fingerprint density at radius 3 is 3.10 bits per heavy atom. The molecular formula is C16H23NO2S. The first-order chi connectivity index (χ1) is 9.86. The zero-order valence-electron chi connectivity index (χ0n) is 12.1. The molecule has 0 amide bonds. The predicted molar refractivity (Wildman–Crippen MR) is 83.9 cm³/mol.